The summed E-state index contributed by atoms with van der Waals surface area (Å²) >= 11 is 0. The standard InChI is InChI=1S/C28H38N2O5/c1-6-19(7-2)28(18-29,20-15-24(31-3)27(33-5)25(16-20)32-4)14-10-11-21(30)17-26-34-22-12-8-9-13-23(22)35-26/h8-9,12-13,15-16,19,21,26H,6-7,10-11,14,17,30H2,1-5H3. The number of para-hydroxylation sites is 2. The quantitative estimate of drug-likeness (QED) is 0.397. The molecule has 1 heterocycles. The van der Waals surface area contributed by atoms with Crippen LogP contribution in [0.5, 0.6) is 28.7 Å². The summed E-state index contributed by atoms with van der Waals surface area (Å²) in [6, 6.07) is 14.1. The van der Waals surface area contributed by atoms with E-state index in [0.29, 0.717) is 30.1 Å². The number of nitrogens with two attached hydrogens (primary N) is 1. The summed E-state index contributed by atoms with van der Waals surface area (Å²) in [5, 5.41) is 10.6. The van der Waals surface area contributed by atoms with Crippen molar-refractivity contribution in [2.75, 3.05) is 21.3 Å². The monoisotopic (exact) mass is 482 g/mol. The Hall–Kier alpha value is -3.11. The molecule has 2 N–H and O–H groups in total. The van der Waals surface area contributed by atoms with E-state index in [9.17, 15) is 5.26 Å². The van der Waals surface area contributed by atoms with Gasteiger partial charge in [0.25, 0.3) is 0 Å². The number of methoxy groups -OCH3 is 3. The Labute approximate surface area is 209 Å². The molecular weight excluding hydrogens is 444 g/mol. The molecule has 190 valence electrons. The van der Waals surface area contributed by atoms with Crippen LogP contribution in [0.15, 0.2) is 36.4 Å². The van der Waals surface area contributed by atoms with Crippen LogP contribution in [0.1, 0.15) is 57.9 Å². The van der Waals surface area contributed by atoms with E-state index in [0.717, 1.165) is 42.7 Å². The maximum atomic E-state index is 10.6. The van der Waals surface area contributed by atoms with Gasteiger partial charge in [-0.25, -0.2) is 0 Å². The number of fused-ring (bicyclic) bond motifs is 1. The molecule has 0 aromatic heterocycles. The molecule has 0 bridgehead atoms. The van der Waals surface area contributed by atoms with Crippen LogP contribution in [0.2, 0.25) is 0 Å². The van der Waals surface area contributed by atoms with Crippen LogP contribution in [0.25, 0.3) is 0 Å². The fraction of sp³-hybridized carbons (Fsp3) is 0.536. The molecule has 0 fully saturated rings. The van der Waals surface area contributed by atoms with E-state index >= 15 is 0 Å². The van der Waals surface area contributed by atoms with Gasteiger partial charge in [-0.3, -0.25) is 0 Å². The summed E-state index contributed by atoms with van der Waals surface area (Å²) in [4.78, 5) is 0. The molecule has 0 amide bonds. The number of benzene rings is 2. The van der Waals surface area contributed by atoms with Gasteiger partial charge in [-0.15, -0.1) is 0 Å². The second-order valence-electron chi connectivity index (χ2n) is 9.01. The average Bonchev–Trinajstić information content (AvgIpc) is 3.29. The molecule has 0 spiro atoms. The topological polar surface area (TPSA) is 96.0 Å². The fourth-order valence-electron chi connectivity index (χ4n) is 5.18. The number of nitrogens with zero attached hydrogens (tertiary/aromatic N) is 1. The summed E-state index contributed by atoms with van der Waals surface area (Å²) in [7, 11) is 4.77. The zero-order valence-corrected chi connectivity index (χ0v) is 21.5. The Bertz CT molecular complexity index is 967. The summed E-state index contributed by atoms with van der Waals surface area (Å²) < 4.78 is 28.4. The largest absolute Gasteiger partial charge is 0.493 e. The average molecular weight is 483 g/mol. The second kappa shape index (κ2) is 12.0. The Morgan fingerprint density at radius 1 is 1.00 bits per heavy atom. The van der Waals surface area contributed by atoms with Gasteiger partial charge >= 0.3 is 0 Å². The number of hydrogen-bond acceptors (Lipinski definition) is 7. The zero-order chi connectivity index (χ0) is 25.4. The molecule has 2 unspecified atom stereocenters. The smallest absolute Gasteiger partial charge is 0.243 e. The molecule has 2 aromatic rings. The van der Waals surface area contributed by atoms with Crippen molar-refractivity contribution in [2.45, 2.75) is 70.1 Å². The van der Waals surface area contributed by atoms with Crippen molar-refractivity contribution in [1.29, 1.82) is 5.26 Å². The molecule has 7 nitrogen and oxygen atoms in total. The maximum Gasteiger partial charge on any atom is 0.243 e. The highest BCUT2D eigenvalue weighted by molar-refractivity contribution is 5.56. The molecule has 0 saturated carbocycles. The molecule has 1 aliphatic heterocycles. The van der Waals surface area contributed by atoms with Crippen LogP contribution in [0, 0.1) is 17.2 Å². The third kappa shape index (κ3) is 5.59. The highest BCUT2D eigenvalue weighted by Crippen LogP contribution is 2.47. The lowest BCUT2D eigenvalue weighted by Gasteiger charge is -2.36. The van der Waals surface area contributed by atoms with Gasteiger partial charge in [0.1, 0.15) is 0 Å². The molecule has 2 atom stereocenters. The first-order valence-corrected chi connectivity index (χ1v) is 12.4. The predicted octanol–water partition coefficient (Wildman–Crippen LogP) is 5.60. The van der Waals surface area contributed by atoms with E-state index in [1.807, 2.05) is 36.4 Å². The number of rotatable bonds is 13. The summed E-state index contributed by atoms with van der Waals surface area (Å²) in [6.07, 6.45) is 4.20. The van der Waals surface area contributed by atoms with Crippen LogP contribution in [0.3, 0.4) is 0 Å². The first-order valence-electron chi connectivity index (χ1n) is 12.4. The fourth-order valence-corrected chi connectivity index (χ4v) is 5.18. The van der Waals surface area contributed by atoms with Crippen LogP contribution in [-0.4, -0.2) is 33.7 Å². The van der Waals surface area contributed by atoms with E-state index in [2.05, 4.69) is 19.9 Å². The summed E-state index contributed by atoms with van der Waals surface area (Å²) in [6.45, 7) is 4.27. The van der Waals surface area contributed by atoms with E-state index in [-0.39, 0.29) is 18.2 Å². The lowest BCUT2D eigenvalue weighted by molar-refractivity contribution is 0.0349. The third-order valence-electron chi connectivity index (χ3n) is 7.07. The molecule has 0 aliphatic carbocycles. The van der Waals surface area contributed by atoms with E-state index in [1.165, 1.54) is 0 Å². The second-order valence-corrected chi connectivity index (χ2v) is 9.01. The van der Waals surface area contributed by atoms with Gasteiger partial charge < -0.3 is 29.4 Å². The Balaban J connectivity index is 1.76. The Kier molecular flexibility index (Phi) is 9.11. The van der Waals surface area contributed by atoms with Crippen molar-refractivity contribution in [2.24, 2.45) is 11.7 Å². The SMILES string of the molecule is CCC(CC)C(C#N)(CCCC(N)CC1Oc2ccccc2O1)c1cc(OC)c(OC)c(OC)c1. The number of nitriles is 1. The molecule has 3 rings (SSSR count). The minimum atomic E-state index is -0.702. The van der Waals surface area contributed by atoms with Gasteiger partial charge in [0, 0.05) is 12.5 Å². The van der Waals surface area contributed by atoms with Crippen molar-refractivity contribution in [3.05, 3.63) is 42.0 Å². The van der Waals surface area contributed by atoms with Crippen LogP contribution in [-0.2, 0) is 5.41 Å². The van der Waals surface area contributed by atoms with E-state index in [1.54, 1.807) is 21.3 Å². The zero-order valence-electron chi connectivity index (χ0n) is 21.5. The molecule has 1 aliphatic rings. The van der Waals surface area contributed by atoms with Crippen molar-refractivity contribution in [1.82, 2.24) is 0 Å². The van der Waals surface area contributed by atoms with Crippen molar-refractivity contribution < 1.29 is 23.7 Å². The lowest BCUT2D eigenvalue weighted by atomic mass is 9.66. The minimum Gasteiger partial charge on any atom is -0.493 e. The van der Waals surface area contributed by atoms with Gasteiger partial charge in [0.2, 0.25) is 12.0 Å². The first kappa shape index (κ1) is 26.5. The highest BCUT2D eigenvalue weighted by atomic mass is 16.7. The van der Waals surface area contributed by atoms with E-state index < -0.39 is 5.41 Å². The van der Waals surface area contributed by atoms with Crippen molar-refractivity contribution >= 4 is 0 Å². The minimum absolute atomic E-state index is 0.104. The molecule has 7 heteroatoms. The Morgan fingerprint density at radius 3 is 2.03 bits per heavy atom. The summed E-state index contributed by atoms with van der Waals surface area (Å²) in [5.74, 6) is 3.31. The molecular formula is C28H38N2O5. The lowest BCUT2D eigenvalue weighted by Crippen LogP contribution is -2.35. The maximum absolute atomic E-state index is 10.6. The highest BCUT2D eigenvalue weighted by Gasteiger charge is 2.40. The van der Waals surface area contributed by atoms with Gasteiger partial charge in [0.15, 0.2) is 23.0 Å². The van der Waals surface area contributed by atoms with Crippen LogP contribution >= 0.6 is 0 Å². The van der Waals surface area contributed by atoms with Crippen LogP contribution in [0.4, 0.5) is 0 Å². The number of ether oxygens (including phenoxy) is 5. The Morgan fingerprint density at radius 2 is 1.57 bits per heavy atom. The third-order valence-corrected chi connectivity index (χ3v) is 7.07. The van der Waals surface area contributed by atoms with E-state index in [4.69, 9.17) is 29.4 Å². The van der Waals surface area contributed by atoms with Gasteiger partial charge in [-0.2, -0.15) is 5.26 Å². The van der Waals surface area contributed by atoms with Crippen LogP contribution < -0.4 is 29.4 Å². The molecule has 2 aromatic carbocycles. The number of hydrogen-bond donors (Lipinski definition) is 1. The van der Waals surface area contributed by atoms with Gasteiger partial charge in [-0.1, -0.05) is 38.8 Å². The first-order chi connectivity index (χ1) is 17.0. The van der Waals surface area contributed by atoms with Crippen molar-refractivity contribution in [3.63, 3.8) is 0 Å². The van der Waals surface area contributed by atoms with Gasteiger partial charge in [0.05, 0.1) is 32.8 Å². The molecule has 0 radical (unpaired) electrons. The van der Waals surface area contributed by atoms with Gasteiger partial charge in [-0.05, 0) is 55.0 Å². The summed E-state index contributed by atoms with van der Waals surface area (Å²) in [5.41, 5.74) is 6.65. The predicted molar refractivity (Wildman–Crippen MR) is 135 cm³/mol. The molecule has 35 heavy (non-hydrogen) atoms. The van der Waals surface area contributed by atoms with Crippen molar-refractivity contribution in [3.8, 4) is 34.8 Å². The normalized spacial score (nSPS) is 15.4. The molecule has 0 saturated heterocycles.